The van der Waals surface area contributed by atoms with Crippen molar-refractivity contribution in [3.63, 3.8) is 0 Å². The number of nitrogens with zero attached hydrogens (tertiary/aromatic N) is 1. The van der Waals surface area contributed by atoms with Crippen LogP contribution in [0.25, 0.3) is 0 Å². The predicted octanol–water partition coefficient (Wildman–Crippen LogP) is 0.848. The normalized spacial score (nSPS) is 20.3. The molecule has 1 N–H and O–H groups in total. The first-order chi connectivity index (χ1) is 8.14. The topological polar surface area (TPSA) is 71.3 Å². The van der Waals surface area contributed by atoms with Crippen LogP contribution < -0.4 is 5.32 Å². The molecule has 17 heavy (non-hydrogen) atoms. The van der Waals surface area contributed by atoms with Crippen LogP contribution in [0.5, 0.6) is 0 Å². The number of carbonyl (C=O) groups excluding carboxylic acids is 1. The van der Waals surface area contributed by atoms with Crippen LogP contribution in [0.3, 0.4) is 0 Å². The van der Waals surface area contributed by atoms with Crippen molar-refractivity contribution in [2.45, 2.75) is 32.7 Å². The van der Waals surface area contributed by atoms with E-state index in [-0.39, 0.29) is 11.9 Å². The Morgan fingerprint density at radius 3 is 2.76 bits per heavy atom. The van der Waals surface area contributed by atoms with Gasteiger partial charge in [0.05, 0.1) is 12.7 Å². The highest BCUT2D eigenvalue weighted by Crippen LogP contribution is 2.29. The van der Waals surface area contributed by atoms with Gasteiger partial charge in [-0.15, -0.1) is 0 Å². The maximum absolute atomic E-state index is 12.1. The summed E-state index contributed by atoms with van der Waals surface area (Å²) in [5.41, 5.74) is -0.918. The van der Waals surface area contributed by atoms with Gasteiger partial charge in [-0.1, -0.05) is 0 Å². The maximum Gasteiger partial charge on any atom is 0.240 e. The highest BCUT2D eigenvalue weighted by Gasteiger charge is 2.40. The molecule has 1 atom stereocenters. The quantitative estimate of drug-likeness (QED) is 0.773. The van der Waals surface area contributed by atoms with Crippen molar-refractivity contribution in [3.8, 4) is 6.07 Å². The average Bonchev–Trinajstić information content (AvgIpc) is 2.37. The molecule has 0 bridgehead atoms. The van der Waals surface area contributed by atoms with E-state index in [0.717, 1.165) is 0 Å². The smallest absolute Gasteiger partial charge is 0.240 e. The molecule has 0 saturated carbocycles. The summed E-state index contributed by atoms with van der Waals surface area (Å²) in [6.45, 7) is 5.82. The van der Waals surface area contributed by atoms with Crippen molar-refractivity contribution < 1.29 is 14.3 Å². The Labute approximate surface area is 102 Å². The van der Waals surface area contributed by atoms with Crippen molar-refractivity contribution in [2.75, 3.05) is 26.4 Å². The van der Waals surface area contributed by atoms with Crippen LogP contribution >= 0.6 is 0 Å². The zero-order chi connectivity index (χ0) is 12.7. The van der Waals surface area contributed by atoms with Gasteiger partial charge in [-0.05, 0) is 26.7 Å². The van der Waals surface area contributed by atoms with Crippen molar-refractivity contribution in [1.29, 1.82) is 5.26 Å². The Morgan fingerprint density at radius 1 is 1.59 bits per heavy atom. The first kappa shape index (κ1) is 13.9. The van der Waals surface area contributed by atoms with Gasteiger partial charge in [0, 0.05) is 25.9 Å². The van der Waals surface area contributed by atoms with Gasteiger partial charge in [-0.25, -0.2) is 0 Å². The molecule has 1 saturated heterocycles. The molecular formula is C12H20N2O3. The Bertz CT molecular complexity index is 293. The minimum Gasteiger partial charge on any atom is -0.381 e. The third-order valence-corrected chi connectivity index (χ3v) is 2.94. The van der Waals surface area contributed by atoms with Gasteiger partial charge in [-0.2, -0.15) is 5.26 Å². The molecule has 1 amide bonds. The number of rotatable bonds is 5. The molecule has 1 aliphatic heterocycles. The molecule has 0 aromatic heterocycles. The first-order valence-corrected chi connectivity index (χ1v) is 6.02. The lowest BCUT2D eigenvalue weighted by molar-refractivity contribution is -0.133. The van der Waals surface area contributed by atoms with Crippen LogP contribution in [0.4, 0.5) is 0 Å². The lowest BCUT2D eigenvalue weighted by Crippen LogP contribution is -2.47. The first-order valence-electron chi connectivity index (χ1n) is 6.02. The molecule has 0 aliphatic carbocycles. The van der Waals surface area contributed by atoms with E-state index >= 15 is 0 Å². The van der Waals surface area contributed by atoms with E-state index in [4.69, 9.17) is 9.47 Å². The van der Waals surface area contributed by atoms with Crippen molar-refractivity contribution in [2.24, 2.45) is 5.41 Å². The molecule has 1 unspecified atom stereocenters. The van der Waals surface area contributed by atoms with Gasteiger partial charge in [0.15, 0.2) is 0 Å². The molecule has 1 aliphatic rings. The largest absolute Gasteiger partial charge is 0.381 e. The average molecular weight is 240 g/mol. The van der Waals surface area contributed by atoms with Crippen LogP contribution in [0.1, 0.15) is 26.7 Å². The van der Waals surface area contributed by atoms with Gasteiger partial charge >= 0.3 is 0 Å². The second-order valence-electron chi connectivity index (χ2n) is 4.34. The number of nitriles is 1. The van der Waals surface area contributed by atoms with Gasteiger partial charge < -0.3 is 14.8 Å². The van der Waals surface area contributed by atoms with E-state index in [0.29, 0.717) is 39.3 Å². The summed E-state index contributed by atoms with van der Waals surface area (Å²) in [5.74, 6) is -0.199. The van der Waals surface area contributed by atoms with E-state index in [1.54, 1.807) is 0 Å². The fourth-order valence-corrected chi connectivity index (χ4v) is 1.81. The summed E-state index contributed by atoms with van der Waals surface area (Å²) in [4.78, 5) is 12.1. The molecular weight excluding hydrogens is 220 g/mol. The Hall–Kier alpha value is -1.12. The lowest BCUT2D eigenvalue weighted by Gasteiger charge is -2.30. The number of carbonyl (C=O) groups is 1. The molecule has 5 nitrogen and oxygen atoms in total. The minimum atomic E-state index is -0.918. The molecule has 1 fully saturated rings. The SMILES string of the molecule is CCOCC(C)NC(=O)C1(C#N)CCOCC1. The second kappa shape index (κ2) is 6.58. The fraction of sp³-hybridized carbons (Fsp3) is 0.833. The molecule has 1 heterocycles. The third-order valence-electron chi connectivity index (χ3n) is 2.94. The van der Waals surface area contributed by atoms with Crippen molar-refractivity contribution in [1.82, 2.24) is 5.32 Å². The number of ether oxygens (including phenoxy) is 2. The second-order valence-corrected chi connectivity index (χ2v) is 4.34. The molecule has 0 radical (unpaired) electrons. The summed E-state index contributed by atoms with van der Waals surface area (Å²) >= 11 is 0. The molecule has 96 valence electrons. The van der Waals surface area contributed by atoms with Crippen LogP contribution in [-0.2, 0) is 14.3 Å². The third kappa shape index (κ3) is 3.69. The standard InChI is InChI=1S/C12H20N2O3/c1-3-16-8-10(2)14-11(15)12(9-13)4-6-17-7-5-12/h10H,3-8H2,1-2H3,(H,14,15). The van der Waals surface area contributed by atoms with Crippen molar-refractivity contribution in [3.05, 3.63) is 0 Å². The van der Waals surface area contributed by atoms with Gasteiger partial charge in [0.25, 0.3) is 0 Å². The predicted molar refractivity (Wildman–Crippen MR) is 62.2 cm³/mol. The van der Waals surface area contributed by atoms with E-state index in [1.807, 2.05) is 13.8 Å². The summed E-state index contributed by atoms with van der Waals surface area (Å²) < 4.78 is 10.4. The van der Waals surface area contributed by atoms with Crippen LogP contribution in [0.15, 0.2) is 0 Å². The lowest BCUT2D eigenvalue weighted by atomic mass is 9.80. The summed E-state index contributed by atoms with van der Waals surface area (Å²) in [6.07, 6.45) is 0.938. The zero-order valence-corrected chi connectivity index (χ0v) is 10.5. The number of nitrogens with one attached hydrogen (secondary N) is 1. The fourth-order valence-electron chi connectivity index (χ4n) is 1.81. The van der Waals surface area contributed by atoms with Gasteiger partial charge in [0.1, 0.15) is 5.41 Å². The van der Waals surface area contributed by atoms with E-state index in [2.05, 4.69) is 11.4 Å². The van der Waals surface area contributed by atoms with Gasteiger partial charge in [-0.3, -0.25) is 4.79 Å². The van der Waals surface area contributed by atoms with Crippen LogP contribution in [-0.4, -0.2) is 38.4 Å². The van der Waals surface area contributed by atoms with Gasteiger partial charge in [0.2, 0.25) is 5.91 Å². The summed E-state index contributed by atoms with van der Waals surface area (Å²) in [6, 6.07) is 2.07. The number of amides is 1. The highest BCUT2D eigenvalue weighted by molar-refractivity contribution is 5.85. The Balaban J connectivity index is 2.52. The number of hydrogen-bond donors (Lipinski definition) is 1. The van der Waals surface area contributed by atoms with E-state index < -0.39 is 5.41 Å². The maximum atomic E-state index is 12.1. The summed E-state index contributed by atoms with van der Waals surface area (Å²) in [7, 11) is 0. The van der Waals surface area contributed by atoms with Crippen molar-refractivity contribution >= 4 is 5.91 Å². The highest BCUT2D eigenvalue weighted by atomic mass is 16.5. The molecule has 0 spiro atoms. The van der Waals surface area contributed by atoms with Crippen LogP contribution in [0, 0.1) is 16.7 Å². The van der Waals surface area contributed by atoms with E-state index in [1.165, 1.54) is 0 Å². The van der Waals surface area contributed by atoms with E-state index in [9.17, 15) is 10.1 Å². The molecule has 0 aromatic rings. The molecule has 5 heteroatoms. The zero-order valence-electron chi connectivity index (χ0n) is 10.5. The van der Waals surface area contributed by atoms with Crippen LogP contribution in [0.2, 0.25) is 0 Å². The Morgan fingerprint density at radius 2 is 2.24 bits per heavy atom. The monoisotopic (exact) mass is 240 g/mol. The number of hydrogen-bond acceptors (Lipinski definition) is 4. The summed E-state index contributed by atoms with van der Waals surface area (Å²) in [5, 5.41) is 12.0. The molecule has 1 rings (SSSR count). The minimum absolute atomic E-state index is 0.0736. The Kier molecular flexibility index (Phi) is 5.39. The molecule has 0 aromatic carbocycles.